The Kier molecular flexibility index (Phi) is 5.67. The topological polar surface area (TPSA) is 53.8 Å². The van der Waals surface area contributed by atoms with Gasteiger partial charge in [0, 0.05) is 16.7 Å². The highest BCUT2D eigenvalue weighted by Gasteiger charge is 2.01. The summed E-state index contributed by atoms with van der Waals surface area (Å²) in [7, 11) is 0. The minimum absolute atomic E-state index is 0.126. The molecular weight excluding hydrogens is 300 g/mol. The van der Waals surface area contributed by atoms with E-state index in [0.29, 0.717) is 22.9 Å². The average molecular weight is 319 g/mol. The molecule has 0 aliphatic carbocycles. The van der Waals surface area contributed by atoms with Crippen LogP contribution < -0.4 is 10.2 Å². The van der Waals surface area contributed by atoms with E-state index in [9.17, 15) is 5.11 Å². The van der Waals surface area contributed by atoms with E-state index in [1.54, 1.807) is 30.5 Å². The van der Waals surface area contributed by atoms with Crippen molar-refractivity contribution in [3.8, 4) is 11.5 Å². The van der Waals surface area contributed by atoms with Crippen molar-refractivity contribution in [2.24, 2.45) is 5.10 Å². The molecule has 2 aromatic rings. The molecule has 4 nitrogen and oxygen atoms in total. The maximum atomic E-state index is 9.95. The van der Waals surface area contributed by atoms with Crippen LogP contribution in [0.4, 0.5) is 5.69 Å². The van der Waals surface area contributed by atoms with Gasteiger partial charge in [0.2, 0.25) is 0 Å². The van der Waals surface area contributed by atoms with E-state index < -0.39 is 0 Å². The molecule has 0 saturated carbocycles. The second-order valence-corrected chi connectivity index (χ2v) is 5.31. The molecule has 0 saturated heterocycles. The van der Waals surface area contributed by atoms with Crippen molar-refractivity contribution in [3.63, 3.8) is 0 Å². The van der Waals surface area contributed by atoms with Crippen molar-refractivity contribution in [2.75, 3.05) is 12.0 Å². The van der Waals surface area contributed by atoms with Crippen LogP contribution in [0, 0.1) is 6.92 Å². The van der Waals surface area contributed by atoms with Crippen LogP contribution in [0.1, 0.15) is 24.5 Å². The van der Waals surface area contributed by atoms with Crippen molar-refractivity contribution in [1.29, 1.82) is 0 Å². The molecule has 0 aliphatic heterocycles. The van der Waals surface area contributed by atoms with Crippen LogP contribution in [-0.2, 0) is 0 Å². The molecule has 22 heavy (non-hydrogen) atoms. The van der Waals surface area contributed by atoms with Gasteiger partial charge in [0.1, 0.15) is 11.5 Å². The van der Waals surface area contributed by atoms with Crippen LogP contribution in [0.3, 0.4) is 0 Å². The van der Waals surface area contributed by atoms with Crippen molar-refractivity contribution >= 4 is 23.5 Å². The third-order valence-electron chi connectivity index (χ3n) is 3.04. The number of hydrogen-bond acceptors (Lipinski definition) is 4. The summed E-state index contributed by atoms with van der Waals surface area (Å²) in [6.45, 7) is 4.60. The minimum Gasteiger partial charge on any atom is -0.507 e. The molecule has 0 radical (unpaired) electrons. The monoisotopic (exact) mass is 318 g/mol. The fraction of sp³-hybridized carbons (Fsp3) is 0.235. The maximum Gasteiger partial charge on any atom is 0.128 e. The third kappa shape index (κ3) is 4.40. The van der Waals surface area contributed by atoms with E-state index in [0.717, 1.165) is 17.7 Å². The normalized spacial score (nSPS) is 10.9. The molecular formula is C17H19ClN2O2. The second kappa shape index (κ2) is 7.71. The van der Waals surface area contributed by atoms with Gasteiger partial charge in [-0.2, -0.15) is 5.10 Å². The molecule has 0 aromatic heterocycles. The molecule has 0 fully saturated rings. The van der Waals surface area contributed by atoms with Crippen LogP contribution >= 0.6 is 11.6 Å². The predicted octanol–water partition coefficient (Wildman–Crippen LogP) is 4.59. The van der Waals surface area contributed by atoms with Gasteiger partial charge in [-0.1, -0.05) is 24.6 Å². The number of rotatable bonds is 6. The summed E-state index contributed by atoms with van der Waals surface area (Å²) in [4.78, 5) is 0. The number of nitrogens with zero attached hydrogens (tertiary/aromatic N) is 1. The second-order valence-electron chi connectivity index (χ2n) is 4.90. The molecule has 0 heterocycles. The number of hydrogen-bond donors (Lipinski definition) is 2. The summed E-state index contributed by atoms with van der Waals surface area (Å²) in [6.07, 6.45) is 2.47. The van der Waals surface area contributed by atoms with Crippen molar-refractivity contribution in [1.82, 2.24) is 0 Å². The van der Waals surface area contributed by atoms with Gasteiger partial charge < -0.3 is 9.84 Å². The lowest BCUT2D eigenvalue weighted by molar-refractivity contribution is 0.315. The van der Waals surface area contributed by atoms with Gasteiger partial charge in [-0.15, -0.1) is 0 Å². The Labute approximate surface area is 135 Å². The first kappa shape index (κ1) is 16.2. The zero-order valence-electron chi connectivity index (χ0n) is 12.6. The van der Waals surface area contributed by atoms with E-state index >= 15 is 0 Å². The molecule has 2 rings (SSSR count). The van der Waals surface area contributed by atoms with Gasteiger partial charge in [0.05, 0.1) is 18.5 Å². The summed E-state index contributed by atoms with van der Waals surface area (Å²) >= 11 is 6.05. The highest BCUT2D eigenvalue weighted by molar-refractivity contribution is 6.31. The summed E-state index contributed by atoms with van der Waals surface area (Å²) < 4.78 is 5.45. The number of anilines is 1. The van der Waals surface area contributed by atoms with Gasteiger partial charge in [-0.25, -0.2) is 0 Å². The number of aromatic hydroxyl groups is 1. The first-order valence-corrected chi connectivity index (χ1v) is 7.49. The molecule has 2 N–H and O–H groups in total. The lowest BCUT2D eigenvalue weighted by Gasteiger charge is -2.06. The first-order valence-electron chi connectivity index (χ1n) is 7.11. The molecule has 0 amide bonds. The van der Waals surface area contributed by atoms with E-state index in [2.05, 4.69) is 10.5 Å². The number of ether oxygens (including phenoxy) is 1. The summed E-state index contributed by atoms with van der Waals surface area (Å²) in [5, 5.41) is 14.7. The van der Waals surface area contributed by atoms with Crippen molar-refractivity contribution < 1.29 is 9.84 Å². The SMILES string of the molecule is CCCOc1ccc(/C=N/Nc2ccc(C)c(Cl)c2)c(O)c1. The average Bonchev–Trinajstić information content (AvgIpc) is 2.50. The molecule has 0 atom stereocenters. The zero-order valence-corrected chi connectivity index (χ0v) is 13.4. The Bertz CT molecular complexity index is 672. The minimum atomic E-state index is 0.126. The molecule has 116 valence electrons. The van der Waals surface area contributed by atoms with E-state index in [-0.39, 0.29) is 5.75 Å². The van der Waals surface area contributed by atoms with Gasteiger partial charge in [-0.3, -0.25) is 5.43 Å². The van der Waals surface area contributed by atoms with Gasteiger partial charge in [0.15, 0.2) is 0 Å². The smallest absolute Gasteiger partial charge is 0.128 e. The Morgan fingerprint density at radius 2 is 2.09 bits per heavy atom. The van der Waals surface area contributed by atoms with Crippen molar-refractivity contribution in [3.05, 3.63) is 52.5 Å². The molecule has 0 spiro atoms. The number of nitrogens with one attached hydrogen (secondary N) is 1. The Balaban J connectivity index is 2.01. The first-order chi connectivity index (χ1) is 10.6. The zero-order chi connectivity index (χ0) is 15.9. The van der Waals surface area contributed by atoms with Gasteiger partial charge in [0.25, 0.3) is 0 Å². The number of phenolic OH excluding ortho intramolecular Hbond substituents is 1. The quantitative estimate of drug-likeness (QED) is 0.605. The Morgan fingerprint density at radius 3 is 2.77 bits per heavy atom. The number of hydrazone groups is 1. The number of phenols is 1. The molecule has 0 unspecified atom stereocenters. The Morgan fingerprint density at radius 1 is 1.27 bits per heavy atom. The third-order valence-corrected chi connectivity index (χ3v) is 3.45. The van der Waals surface area contributed by atoms with Gasteiger partial charge in [-0.05, 0) is 43.2 Å². The van der Waals surface area contributed by atoms with Crippen molar-refractivity contribution in [2.45, 2.75) is 20.3 Å². The van der Waals surface area contributed by atoms with E-state index in [1.807, 2.05) is 26.0 Å². The van der Waals surface area contributed by atoms with E-state index in [1.165, 1.54) is 0 Å². The largest absolute Gasteiger partial charge is 0.507 e. The van der Waals surface area contributed by atoms with Crippen LogP contribution in [0.25, 0.3) is 0 Å². The van der Waals surface area contributed by atoms with Crippen LogP contribution in [0.15, 0.2) is 41.5 Å². The maximum absolute atomic E-state index is 9.95. The fourth-order valence-corrected chi connectivity index (χ4v) is 1.96. The summed E-state index contributed by atoms with van der Waals surface area (Å²) in [5.41, 5.74) is 5.28. The fourth-order valence-electron chi connectivity index (χ4n) is 1.78. The summed E-state index contributed by atoms with van der Waals surface area (Å²) in [5.74, 6) is 0.774. The van der Waals surface area contributed by atoms with Crippen LogP contribution in [0.5, 0.6) is 11.5 Å². The molecule has 2 aromatic carbocycles. The summed E-state index contributed by atoms with van der Waals surface area (Å²) in [6, 6.07) is 10.8. The highest BCUT2D eigenvalue weighted by Crippen LogP contribution is 2.23. The predicted molar refractivity (Wildman–Crippen MR) is 91.3 cm³/mol. The lowest BCUT2D eigenvalue weighted by Crippen LogP contribution is -1.96. The van der Waals surface area contributed by atoms with Crippen LogP contribution in [0.2, 0.25) is 5.02 Å². The Hall–Kier alpha value is -2.20. The highest BCUT2D eigenvalue weighted by atomic mass is 35.5. The standard InChI is InChI=1S/C17H19ClN2O2/c1-3-8-22-15-7-5-13(17(21)10-15)11-19-20-14-6-4-12(2)16(18)9-14/h4-7,9-11,20-21H,3,8H2,1-2H3/b19-11+. The van der Waals surface area contributed by atoms with Crippen LogP contribution in [-0.4, -0.2) is 17.9 Å². The molecule has 0 aliphatic rings. The lowest BCUT2D eigenvalue weighted by atomic mass is 10.2. The van der Waals surface area contributed by atoms with E-state index in [4.69, 9.17) is 16.3 Å². The number of benzene rings is 2. The number of aryl methyl sites for hydroxylation is 1. The van der Waals surface area contributed by atoms with Gasteiger partial charge >= 0.3 is 0 Å². The molecule has 5 heteroatoms. The number of halogens is 1. The molecule has 0 bridgehead atoms.